The molecule has 1 aliphatic rings. The minimum absolute atomic E-state index is 0.213. The van der Waals surface area contributed by atoms with Gasteiger partial charge in [0, 0.05) is 29.2 Å². The summed E-state index contributed by atoms with van der Waals surface area (Å²) in [5, 5.41) is 0.886. The fourth-order valence-electron chi connectivity index (χ4n) is 3.59. The van der Waals surface area contributed by atoms with E-state index in [1.807, 2.05) is 49.4 Å². The Morgan fingerprint density at radius 2 is 1.89 bits per heavy atom. The molecule has 28 heavy (non-hydrogen) atoms. The number of imide groups is 1. The molecule has 0 aliphatic carbocycles. The average molecular weight is 391 g/mol. The largest absolute Gasteiger partial charge is 0.347 e. The summed E-state index contributed by atoms with van der Waals surface area (Å²) in [5.74, 6) is -0.219. The lowest BCUT2D eigenvalue weighted by molar-refractivity contribution is -0.123. The van der Waals surface area contributed by atoms with Crippen molar-refractivity contribution in [2.45, 2.75) is 33.4 Å². The van der Waals surface area contributed by atoms with Crippen LogP contribution in [0.15, 0.2) is 59.6 Å². The monoisotopic (exact) mass is 390 g/mol. The second kappa shape index (κ2) is 7.68. The molecule has 142 valence electrons. The number of carbonyl (C=O) groups is 2. The Bertz CT molecular complexity index is 1100. The quantitative estimate of drug-likeness (QED) is 0.533. The fraction of sp³-hybridized carbons (Fsp3) is 0.217. The highest BCUT2D eigenvalue weighted by Gasteiger charge is 2.35. The van der Waals surface area contributed by atoms with Gasteiger partial charge in [0.2, 0.25) is 0 Å². The molecule has 4 rings (SSSR count). The molecule has 3 aromatic rings. The van der Waals surface area contributed by atoms with Crippen molar-refractivity contribution in [3.63, 3.8) is 0 Å². The van der Waals surface area contributed by atoms with Crippen LogP contribution in [0.25, 0.3) is 17.0 Å². The molecule has 0 bridgehead atoms. The second-order valence-corrected chi connectivity index (χ2v) is 8.05. The smallest absolute Gasteiger partial charge is 0.293 e. The van der Waals surface area contributed by atoms with Crippen molar-refractivity contribution in [2.75, 3.05) is 0 Å². The minimum Gasteiger partial charge on any atom is -0.347 e. The van der Waals surface area contributed by atoms with Gasteiger partial charge in [0.15, 0.2) is 0 Å². The van der Waals surface area contributed by atoms with Crippen molar-refractivity contribution in [3.8, 4) is 0 Å². The van der Waals surface area contributed by atoms with Crippen molar-refractivity contribution in [2.24, 2.45) is 0 Å². The lowest BCUT2D eigenvalue weighted by atomic mass is 10.1. The number of hydrogen-bond acceptors (Lipinski definition) is 3. The van der Waals surface area contributed by atoms with Crippen LogP contribution in [0.5, 0.6) is 0 Å². The van der Waals surface area contributed by atoms with Gasteiger partial charge in [0.1, 0.15) is 0 Å². The molecule has 2 aromatic carbocycles. The molecule has 0 N–H and O–H groups in total. The molecule has 0 spiro atoms. The summed E-state index contributed by atoms with van der Waals surface area (Å²) in [4.78, 5) is 27.2. The van der Waals surface area contributed by atoms with Gasteiger partial charge >= 0.3 is 0 Å². The third-order valence-corrected chi connectivity index (χ3v) is 5.77. The summed E-state index contributed by atoms with van der Waals surface area (Å²) in [6, 6.07) is 16.1. The molecule has 1 saturated heterocycles. The highest BCUT2D eigenvalue weighted by molar-refractivity contribution is 8.18. The molecule has 0 unspecified atom stereocenters. The zero-order valence-corrected chi connectivity index (χ0v) is 16.8. The number of nitrogens with zero attached hydrogens (tertiary/aromatic N) is 2. The Labute approximate surface area is 168 Å². The molecule has 2 amide bonds. The van der Waals surface area contributed by atoms with Gasteiger partial charge in [-0.1, -0.05) is 55.0 Å². The highest BCUT2D eigenvalue weighted by Crippen LogP contribution is 2.35. The molecular formula is C23H22N2O2S. The van der Waals surface area contributed by atoms with E-state index in [0.29, 0.717) is 11.4 Å². The Morgan fingerprint density at radius 3 is 2.68 bits per heavy atom. The lowest BCUT2D eigenvalue weighted by Gasteiger charge is -2.12. The van der Waals surface area contributed by atoms with E-state index >= 15 is 0 Å². The molecule has 1 aliphatic heterocycles. The number of aryl methyl sites for hydroxylation is 2. The Hall–Kier alpha value is -2.79. The summed E-state index contributed by atoms with van der Waals surface area (Å²) >= 11 is 1.02. The Morgan fingerprint density at radius 1 is 1.07 bits per heavy atom. The van der Waals surface area contributed by atoms with Crippen LogP contribution in [0.4, 0.5) is 4.79 Å². The van der Waals surface area contributed by atoms with Gasteiger partial charge < -0.3 is 4.57 Å². The molecule has 1 fully saturated rings. The molecule has 4 nitrogen and oxygen atoms in total. The third-order valence-electron chi connectivity index (χ3n) is 4.87. The third kappa shape index (κ3) is 3.50. The zero-order valence-electron chi connectivity index (χ0n) is 16.0. The average Bonchev–Trinajstić information content (AvgIpc) is 3.15. The molecular weight excluding hydrogens is 368 g/mol. The number of rotatable bonds is 5. The molecule has 2 heterocycles. The van der Waals surface area contributed by atoms with Crippen LogP contribution in [0.1, 0.15) is 30.0 Å². The van der Waals surface area contributed by atoms with Crippen molar-refractivity contribution in [1.29, 1.82) is 0 Å². The lowest BCUT2D eigenvalue weighted by Crippen LogP contribution is -2.27. The Balaban J connectivity index is 1.65. The Kier molecular flexibility index (Phi) is 5.09. The SMILES string of the molecule is CCCn1cc(/C=C2\SC(=O)N(Cc3cccc(C)c3)C2=O)c2ccccc21. The number of aromatic nitrogens is 1. The molecule has 0 atom stereocenters. The topological polar surface area (TPSA) is 42.3 Å². The maximum absolute atomic E-state index is 12.9. The van der Waals surface area contributed by atoms with Gasteiger partial charge in [-0.2, -0.15) is 0 Å². The molecule has 1 aromatic heterocycles. The van der Waals surface area contributed by atoms with Gasteiger partial charge in [-0.25, -0.2) is 0 Å². The van der Waals surface area contributed by atoms with E-state index in [-0.39, 0.29) is 11.1 Å². The number of carbonyl (C=O) groups excluding carboxylic acids is 2. The number of hydrogen-bond donors (Lipinski definition) is 0. The maximum Gasteiger partial charge on any atom is 0.293 e. The van der Waals surface area contributed by atoms with Crippen molar-refractivity contribution >= 4 is 39.9 Å². The van der Waals surface area contributed by atoms with Crippen LogP contribution in [0.2, 0.25) is 0 Å². The van der Waals surface area contributed by atoms with E-state index in [9.17, 15) is 9.59 Å². The van der Waals surface area contributed by atoms with Crippen LogP contribution < -0.4 is 0 Å². The van der Waals surface area contributed by atoms with Gasteiger partial charge in [-0.05, 0) is 42.8 Å². The predicted octanol–water partition coefficient (Wildman–Crippen LogP) is 5.60. The normalized spacial score (nSPS) is 15.9. The van der Waals surface area contributed by atoms with Gasteiger partial charge in [0.25, 0.3) is 11.1 Å². The summed E-state index contributed by atoms with van der Waals surface area (Å²) in [6.45, 7) is 5.37. The molecule has 0 radical (unpaired) electrons. The van der Waals surface area contributed by atoms with Crippen LogP contribution in [-0.2, 0) is 17.9 Å². The van der Waals surface area contributed by atoms with Crippen LogP contribution in [0, 0.1) is 6.92 Å². The standard InChI is InChI=1S/C23H22N2O2S/c1-3-11-24-15-18(19-9-4-5-10-20(19)24)13-21-22(26)25(23(27)28-21)14-17-8-6-7-16(2)12-17/h4-10,12-13,15H,3,11,14H2,1-2H3/b21-13-. The number of benzene rings is 2. The summed E-state index contributed by atoms with van der Waals surface area (Å²) in [7, 11) is 0. The fourth-order valence-corrected chi connectivity index (χ4v) is 4.42. The van der Waals surface area contributed by atoms with E-state index in [2.05, 4.69) is 29.8 Å². The van der Waals surface area contributed by atoms with E-state index in [1.54, 1.807) is 0 Å². The first kappa shape index (κ1) is 18.6. The van der Waals surface area contributed by atoms with Crippen molar-refractivity contribution in [1.82, 2.24) is 9.47 Å². The maximum atomic E-state index is 12.9. The van der Waals surface area contributed by atoms with Gasteiger partial charge in [-0.3, -0.25) is 14.5 Å². The van der Waals surface area contributed by atoms with Crippen molar-refractivity contribution in [3.05, 3.63) is 76.3 Å². The zero-order chi connectivity index (χ0) is 19.7. The first-order valence-corrected chi connectivity index (χ1v) is 10.3. The number of thioether (sulfide) groups is 1. The first-order valence-electron chi connectivity index (χ1n) is 9.45. The van der Waals surface area contributed by atoms with Gasteiger partial charge in [-0.15, -0.1) is 0 Å². The van der Waals surface area contributed by atoms with E-state index in [1.165, 1.54) is 4.90 Å². The summed E-state index contributed by atoms with van der Waals surface area (Å²) < 4.78 is 2.21. The van der Waals surface area contributed by atoms with E-state index in [0.717, 1.165) is 52.3 Å². The molecule has 5 heteroatoms. The van der Waals surface area contributed by atoms with E-state index < -0.39 is 0 Å². The van der Waals surface area contributed by atoms with Crippen molar-refractivity contribution < 1.29 is 9.59 Å². The van der Waals surface area contributed by atoms with Crippen LogP contribution in [-0.4, -0.2) is 20.6 Å². The molecule has 0 saturated carbocycles. The number of para-hydroxylation sites is 1. The summed E-state index contributed by atoms with van der Waals surface area (Å²) in [6.07, 6.45) is 4.96. The van der Waals surface area contributed by atoms with E-state index in [4.69, 9.17) is 0 Å². The van der Waals surface area contributed by atoms with Gasteiger partial charge in [0.05, 0.1) is 11.4 Å². The number of fused-ring (bicyclic) bond motifs is 1. The first-order chi connectivity index (χ1) is 13.6. The number of amides is 2. The highest BCUT2D eigenvalue weighted by atomic mass is 32.2. The summed E-state index contributed by atoms with van der Waals surface area (Å²) in [5.41, 5.74) is 4.20. The minimum atomic E-state index is -0.219. The van der Waals surface area contributed by atoms with Crippen LogP contribution in [0.3, 0.4) is 0 Å². The predicted molar refractivity (Wildman–Crippen MR) is 115 cm³/mol. The van der Waals surface area contributed by atoms with Crippen LogP contribution >= 0.6 is 11.8 Å². The second-order valence-electron chi connectivity index (χ2n) is 7.05.